The number of hydrogen-bond donors (Lipinski definition) is 1. The van der Waals surface area contributed by atoms with Crippen molar-refractivity contribution in [1.29, 1.82) is 0 Å². The molecule has 1 aliphatic carbocycles. The first-order chi connectivity index (χ1) is 11.7. The molecule has 0 saturated heterocycles. The van der Waals surface area contributed by atoms with E-state index in [0.717, 1.165) is 31.2 Å². The highest BCUT2D eigenvalue weighted by atomic mass is 16.5. The molecule has 2 aromatic heterocycles. The Labute approximate surface area is 138 Å². The third-order valence-electron chi connectivity index (χ3n) is 4.21. The van der Waals surface area contributed by atoms with Gasteiger partial charge < -0.3 is 15.0 Å². The van der Waals surface area contributed by atoms with Crippen molar-refractivity contribution in [2.75, 3.05) is 0 Å². The van der Waals surface area contributed by atoms with Crippen molar-refractivity contribution in [3.05, 3.63) is 48.7 Å². The maximum Gasteiger partial charge on any atom is 0.258 e. The molecule has 1 saturated carbocycles. The summed E-state index contributed by atoms with van der Waals surface area (Å²) in [4.78, 5) is 12.6. The summed E-state index contributed by atoms with van der Waals surface area (Å²) in [6.07, 6.45) is 8.70. The second-order valence-corrected chi connectivity index (χ2v) is 5.96. The number of nitrogens with zero attached hydrogens (tertiary/aromatic N) is 4. The van der Waals surface area contributed by atoms with E-state index in [2.05, 4.69) is 20.1 Å². The van der Waals surface area contributed by atoms with Gasteiger partial charge in [-0.2, -0.15) is 4.98 Å². The minimum atomic E-state index is -0.463. The molecule has 24 heavy (non-hydrogen) atoms. The second-order valence-electron chi connectivity index (χ2n) is 5.96. The highest BCUT2D eigenvalue weighted by molar-refractivity contribution is 5.56. The van der Waals surface area contributed by atoms with Crippen molar-refractivity contribution in [1.82, 2.24) is 20.1 Å². The molecule has 2 heterocycles. The van der Waals surface area contributed by atoms with Gasteiger partial charge in [-0.05, 0) is 31.0 Å². The molecular formula is C17H17N5O2. The SMILES string of the molecule is NC1(c2noc(-c3cccc(Oc4cnccn4)c3)n2)CCCC1. The van der Waals surface area contributed by atoms with Gasteiger partial charge in [0.25, 0.3) is 5.89 Å². The highest BCUT2D eigenvalue weighted by Crippen LogP contribution is 2.35. The largest absolute Gasteiger partial charge is 0.437 e. The molecule has 0 radical (unpaired) electrons. The Morgan fingerprint density at radius 2 is 2.04 bits per heavy atom. The van der Waals surface area contributed by atoms with E-state index in [-0.39, 0.29) is 0 Å². The smallest absolute Gasteiger partial charge is 0.258 e. The molecule has 0 amide bonds. The van der Waals surface area contributed by atoms with E-state index >= 15 is 0 Å². The summed E-state index contributed by atoms with van der Waals surface area (Å²) in [5, 5.41) is 4.09. The lowest BCUT2D eigenvalue weighted by Gasteiger charge is -2.17. The number of benzene rings is 1. The monoisotopic (exact) mass is 323 g/mol. The second kappa shape index (κ2) is 6.01. The van der Waals surface area contributed by atoms with Crippen molar-refractivity contribution in [3.63, 3.8) is 0 Å². The molecule has 0 atom stereocenters. The number of rotatable bonds is 4. The van der Waals surface area contributed by atoms with Crippen molar-refractivity contribution in [2.24, 2.45) is 5.73 Å². The average molecular weight is 323 g/mol. The van der Waals surface area contributed by atoms with Crippen LogP contribution >= 0.6 is 0 Å². The van der Waals surface area contributed by atoms with Crippen LogP contribution in [0, 0.1) is 0 Å². The van der Waals surface area contributed by atoms with Crippen LogP contribution in [0.15, 0.2) is 47.4 Å². The summed E-state index contributed by atoms with van der Waals surface area (Å²) in [5.74, 6) is 2.06. The van der Waals surface area contributed by atoms with Crippen LogP contribution in [-0.2, 0) is 5.54 Å². The van der Waals surface area contributed by atoms with Gasteiger partial charge >= 0.3 is 0 Å². The lowest BCUT2D eigenvalue weighted by Crippen LogP contribution is -2.34. The average Bonchev–Trinajstić information content (AvgIpc) is 3.26. The van der Waals surface area contributed by atoms with Crippen molar-refractivity contribution in [2.45, 2.75) is 31.2 Å². The van der Waals surface area contributed by atoms with Crippen molar-refractivity contribution in [3.8, 4) is 23.1 Å². The minimum Gasteiger partial charge on any atom is -0.437 e. The van der Waals surface area contributed by atoms with E-state index in [1.807, 2.05) is 24.3 Å². The maximum absolute atomic E-state index is 6.38. The minimum absolute atomic E-state index is 0.424. The lowest BCUT2D eigenvalue weighted by molar-refractivity contribution is 0.372. The normalized spacial score (nSPS) is 16.2. The van der Waals surface area contributed by atoms with Crippen LogP contribution in [0.4, 0.5) is 0 Å². The first kappa shape index (κ1) is 14.8. The zero-order chi connectivity index (χ0) is 16.4. The molecule has 0 spiro atoms. The third-order valence-corrected chi connectivity index (χ3v) is 4.21. The van der Waals surface area contributed by atoms with E-state index in [1.165, 1.54) is 0 Å². The zero-order valence-corrected chi connectivity index (χ0v) is 13.1. The van der Waals surface area contributed by atoms with E-state index in [9.17, 15) is 0 Å². The van der Waals surface area contributed by atoms with Crippen LogP contribution in [0.25, 0.3) is 11.5 Å². The molecule has 1 aliphatic rings. The van der Waals surface area contributed by atoms with Gasteiger partial charge in [0.2, 0.25) is 5.88 Å². The summed E-state index contributed by atoms with van der Waals surface area (Å²) >= 11 is 0. The maximum atomic E-state index is 6.38. The Bertz CT molecular complexity index is 828. The Hall–Kier alpha value is -2.80. The van der Waals surface area contributed by atoms with Gasteiger partial charge in [0.15, 0.2) is 5.82 Å². The van der Waals surface area contributed by atoms with Gasteiger partial charge in [0.1, 0.15) is 5.75 Å². The predicted molar refractivity (Wildman–Crippen MR) is 86.2 cm³/mol. The molecule has 122 valence electrons. The molecule has 1 fully saturated rings. The van der Waals surface area contributed by atoms with Crippen LogP contribution in [0.3, 0.4) is 0 Å². The topological polar surface area (TPSA) is 100.0 Å². The van der Waals surface area contributed by atoms with Crippen LogP contribution in [0.5, 0.6) is 11.6 Å². The Morgan fingerprint density at radius 3 is 2.83 bits per heavy atom. The number of hydrogen-bond acceptors (Lipinski definition) is 7. The van der Waals surface area contributed by atoms with Gasteiger partial charge in [-0.3, -0.25) is 4.98 Å². The van der Waals surface area contributed by atoms with E-state index in [0.29, 0.717) is 23.3 Å². The molecule has 0 aliphatic heterocycles. The number of ether oxygens (including phenoxy) is 1. The summed E-state index contributed by atoms with van der Waals surface area (Å²) in [5.41, 5.74) is 6.69. The highest BCUT2D eigenvalue weighted by Gasteiger charge is 2.36. The predicted octanol–water partition coefficient (Wildman–Crippen LogP) is 3.05. The molecular weight excluding hydrogens is 306 g/mol. The molecule has 2 N–H and O–H groups in total. The fourth-order valence-electron chi connectivity index (χ4n) is 2.92. The standard InChI is InChI=1S/C17H17N5O2/c18-17(6-1-2-7-17)16-21-15(24-22-16)12-4-3-5-13(10-12)23-14-11-19-8-9-20-14/h3-5,8-11H,1-2,6-7,18H2. The third kappa shape index (κ3) is 2.85. The van der Waals surface area contributed by atoms with Gasteiger partial charge in [-0.25, -0.2) is 4.98 Å². The van der Waals surface area contributed by atoms with Crippen LogP contribution in [-0.4, -0.2) is 20.1 Å². The summed E-state index contributed by atoms with van der Waals surface area (Å²) in [7, 11) is 0. The first-order valence-corrected chi connectivity index (χ1v) is 7.90. The molecule has 0 bridgehead atoms. The molecule has 1 aromatic carbocycles. The van der Waals surface area contributed by atoms with Crippen LogP contribution < -0.4 is 10.5 Å². The molecule has 4 rings (SSSR count). The van der Waals surface area contributed by atoms with Gasteiger partial charge in [0, 0.05) is 18.0 Å². The summed E-state index contributed by atoms with van der Waals surface area (Å²) in [6, 6.07) is 7.40. The Morgan fingerprint density at radius 1 is 1.17 bits per heavy atom. The molecule has 7 heteroatoms. The molecule has 7 nitrogen and oxygen atoms in total. The fraction of sp³-hybridized carbons (Fsp3) is 0.294. The lowest BCUT2D eigenvalue weighted by atomic mass is 9.99. The van der Waals surface area contributed by atoms with Crippen LogP contribution in [0.2, 0.25) is 0 Å². The van der Waals surface area contributed by atoms with Crippen LogP contribution in [0.1, 0.15) is 31.5 Å². The summed E-state index contributed by atoms with van der Waals surface area (Å²) < 4.78 is 11.1. The van der Waals surface area contributed by atoms with Crippen molar-refractivity contribution < 1.29 is 9.26 Å². The molecule has 0 unspecified atom stereocenters. The summed E-state index contributed by atoms with van der Waals surface area (Å²) in [6.45, 7) is 0. The van der Waals surface area contributed by atoms with E-state index in [4.69, 9.17) is 15.0 Å². The van der Waals surface area contributed by atoms with E-state index < -0.39 is 5.54 Å². The number of aromatic nitrogens is 4. The van der Waals surface area contributed by atoms with Gasteiger partial charge in [-0.15, -0.1) is 0 Å². The zero-order valence-electron chi connectivity index (χ0n) is 13.1. The fourth-order valence-corrected chi connectivity index (χ4v) is 2.92. The van der Waals surface area contributed by atoms with Gasteiger partial charge in [0.05, 0.1) is 11.7 Å². The first-order valence-electron chi connectivity index (χ1n) is 7.90. The number of nitrogens with two attached hydrogens (primary N) is 1. The molecule has 3 aromatic rings. The Balaban J connectivity index is 1.59. The Kier molecular flexibility index (Phi) is 3.70. The van der Waals surface area contributed by atoms with Gasteiger partial charge in [-0.1, -0.05) is 24.1 Å². The van der Waals surface area contributed by atoms with Crippen molar-refractivity contribution >= 4 is 0 Å². The van der Waals surface area contributed by atoms with E-state index in [1.54, 1.807) is 18.6 Å². The quantitative estimate of drug-likeness (QED) is 0.787.